The Morgan fingerprint density at radius 1 is 1.50 bits per heavy atom. The molecular formula is C7H6FNO3. The van der Waals surface area contributed by atoms with E-state index in [0.717, 1.165) is 12.1 Å². The fourth-order valence-corrected chi connectivity index (χ4v) is 0.739. The lowest BCUT2D eigenvalue weighted by molar-refractivity contribution is 0.0696. The van der Waals surface area contributed by atoms with Crippen LogP contribution in [0.1, 0.15) is 10.4 Å². The van der Waals surface area contributed by atoms with Gasteiger partial charge in [0.25, 0.3) is 0 Å². The average Bonchev–Trinajstić information content (AvgIpc) is 2.04. The van der Waals surface area contributed by atoms with Crippen molar-refractivity contribution in [2.24, 2.45) is 0 Å². The van der Waals surface area contributed by atoms with Gasteiger partial charge >= 0.3 is 5.97 Å². The highest BCUT2D eigenvalue weighted by Crippen LogP contribution is 2.14. The number of carboxylic acids is 1. The number of carboxylic acid groups (broad SMARTS) is 1. The second kappa shape index (κ2) is 3.19. The molecule has 0 aliphatic heterocycles. The molecule has 0 radical (unpaired) electrons. The van der Waals surface area contributed by atoms with Gasteiger partial charge in [0.2, 0.25) is 0 Å². The Kier molecular flexibility index (Phi) is 2.25. The van der Waals surface area contributed by atoms with Crippen molar-refractivity contribution in [3.05, 3.63) is 29.6 Å². The molecule has 1 rings (SSSR count). The van der Waals surface area contributed by atoms with Gasteiger partial charge in [-0.3, -0.25) is 10.7 Å². The highest BCUT2D eigenvalue weighted by atomic mass is 19.1. The smallest absolute Gasteiger partial charge is 0.335 e. The van der Waals surface area contributed by atoms with Crippen LogP contribution in [0.3, 0.4) is 0 Å². The third kappa shape index (κ3) is 1.51. The van der Waals surface area contributed by atoms with Crippen LogP contribution in [0.15, 0.2) is 18.2 Å². The van der Waals surface area contributed by atoms with Crippen LogP contribution < -0.4 is 5.48 Å². The lowest BCUT2D eigenvalue weighted by Gasteiger charge is -2.00. The van der Waals surface area contributed by atoms with Gasteiger partial charge in [0.15, 0.2) is 0 Å². The summed E-state index contributed by atoms with van der Waals surface area (Å²) in [5.74, 6) is -2.02. The number of hydrogen-bond donors (Lipinski definition) is 3. The first kappa shape index (κ1) is 8.48. The van der Waals surface area contributed by atoms with Gasteiger partial charge in [-0.2, -0.15) is 0 Å². The van der Waals surface area contributed by atoms with Gasteiger partial charge in [-0.25, -0.2) is 9.18 Å². The summed E-state index contributed by atoms with van der Waals surface area (Å²) >= 11 is 0. The summed E-state index contributed by atoms with van der Waals surface area (Å²) in [6, 6.07) is 3.14. The molecule has 0 saturated carbocycles. The summed E-state index contributed by atoms with van der Waals surface area (Å²) in [5, 5.41) is 16.7. The van der Waals surface area contributed by atoms with Crippen LogP contribution in [0.5, 0.6) is 0 Å². The van der Waals surface area contributed by atoms with Crippen molar-refractivity contribution >= 4 is 11.7 Å². The van der Waals surface area contributed by atoms with Crippen LogP contribution in [0.4, 0.5) is 10.1 Å². The van der Waals surface area contributed by atoms with Crippen molar-refractivity contribution in [1.29, 1.82) is 0 Å². The Labute approximate surface area is 67.2 Å². The molecule has 1 aromatic carbocycles. The van der Waals surface area contributed by atoms with E-state index in [-0.39, 0.29) is 11.3 Å². The average molecular weight is 171 g/mol. The Bertz CT molecular complexity index is 314. The largest absolute Gasteiger partial charge is 0.478 e. The fraction of sp³-hybridized carbons (Fsp3) is 0. The van der Waals surface area contributed by atoms with Gasteiger partial charge in [-0.15, -0.1) is 0 Å². The zero-order valence-electron chi connectivity index (χ0n) is 5.91. The SMILES string of the molecule is O=C(O)c1ccc(NO)c(F)c1. The molecule has 64 valence electrons. The van der Waals surface area contributed by atoms with E-state index < -0.39 is 11.8 Å². The topological polar surface area (TPSA) is 69.6 Å². The van der Waals surface area contributed by atoms with Crippen LogP contribution in [-0.2, 0) is 0 Å². The maximum Gasteiger partial charge on any atom is 0.335 e. The van der Waals surface area contributed by atoms with Gasteiger partial charge in [-0.05, 0) is 18.2 Å². The second-order valence-electron chi connectivity index (χ2n) is 2.11. The van der Waals surface area contributed by atoms with Gasteiger partial charge in [0, 0.05) is 0 Å². The minimum absolute atomic E-state index is 0.153. The molecule has 0 atom stereocenters. The van der Waals surface area contributed by atoms with Crippen molar-refractivity contribution in [3.63, 3.8) is 0 Å². The molecule has 4 nitrogen and oxygen atoms in total. The molecule has 0 aliphatic rings. The predicted molar refractivity (Wildman–Crippen MR) is 38.8 cm³/mol. The number of benzene rings is 1. The molecule has 0 aliphatic carbocycles. The fourth-order valence-electron chi connectivity index (χ4n) is 0.739. The van der Waals surface area contributed by atoms with E-state index >= 15 is 0 Å². The lowest BCUT2D eigenvalue weighted by Crippen LogP contribution is -1.99. The molecule has 0 spiro atoms. The molecule has 0 amide bonds. The minimum Gasteiger partial charge on any atom is -0.478 e. The van der Waals surface area contributed by atoms with Crippen LogP contribution in [0.25, 0.3) is 0 Å². The van der Waals surface area contributed by atoms with E-state index in [9.17, 15) is 9.18 Å². The Morgan fingerprint density at radius 3 is 2.58 bits per heavy atom. The van der Waals surface area contributed by atoms with Gasteiger partial charge in [0.05, 0.1) is 11.3 Å². The summed E-state index contributed by atoms with van der Waals surface area (Å²) in [6.45, 7) is 0. The summed E-state index contributed by atoms with van der Waals surface area (Å²) < 4.78 is 12.7. The highest BCUT2D eigenvalue weighted by molar-refractivity contribution is 5.88. The quantitative estimate of drug-likeness (QED) is 0.587. The molecule has 3 N–H and O–H groups in total. The molecule has 1 aromatic rings. The van der Waals surface area contributed by atoms with Crippen molar-refractivity contribution in [2.45, 2.75) is 0 Å². The van der Waals surface area contributed by atoms with E-state index in [1.165, 1.54) is 6.07 Å². The van der Waals surface area contributed by atoms with Crippen molar-refractivity contribution < 1.29 is 19.5 Å². The van der Waals surface area contributed by atoms with Crippen LogP contribution in [-0.4, -0.2) is 16.3 Å². The van der Waals surface area contributed by atoms with Crippen LogP contribution >= 0.6 is 0 Å². The third-order valence-electron chi connectivity index (χ3n) is 1.34. The van der Waals surface area contributed by atoms with Crippen molar-refractivity contribution in [1.82, 2.24) is 0 Å². The summed E-state index contributed by atoms with van der Waals surface area (Å²) in [4.78, 5) is 10.3. The number of anilines is 1. The number of carbonyl (C=O) groups is 1. The second-order valence-corrected chi connectivity index (χ2v) is 2.11. The molecule has 0 bridgehead atoms. The first-order valence-corrected chi connectivity index (χ1v) is 3.08. The number of hydrogen-bond acceptors (Lipinski definition) is 3. The summed E-state index contributed by atoms with van der Waals surface area (Å²) in [6.07, 6.45) is 0. The molecule has 0 aromatic heterocycles. The Morgan fingerprint density at radius 2 is 2.17 bits per heavy atom. The summed E-state index contributed by atoms with van der Waals surface area (Å²) in [5.41, 5.74) is 1.28. The van der Waals surface area contributed by atoms with Crippen LogP contribution in [0, 0.1) is 5.82 Å². The molecular weight excluding hydrogens is 165 g/mol. The maximum absolute atomic E-state index is 12.7. The zero-order chi connectivity index (χ0) is 9.14. The van der Waals surface area contributed by atoms with Crippen LogP contribution in [0.2, 0.25) is 0 Å². The zero-order valence-corrected chi connectivity index (χ0v) is 5.91. The van der Waals surface area contributed by atoms with E-state index in [1.54, 1.807) is 5.48 Å². The molecule has 0 saturated heterocycles. The van der Waals surface area contributed by atoms with E-state index in [4.69, 9.17) is 10.3 Å². The summed E-state index contributed by atoms with van der Waals surface area (Å²) in [7, 11) is 0. The Hall–Kier alpha value is -1.62. The van der Waals surface area contributed by atoms with Gasteiger partial charge in [0.1, 0.15) is 5.82 Å². The first-order chi connectivity index (χ1) is 5.65. The first-order valence-electron chi connectivity index (χ1n) is 3.08. The van der Waals surface area contributed by atoms with E-state index in [0.29, 0.717) is 0 Å². The van der Waals surface area contributed by atoms with Crippen molar-refractivity contribution in [2.75, 3.05) is 5.48 Å². The normalized spacial score (nSPS) is 9.50. The van der Waals surface area contributed by atoms with E-state index in [2.05, 4.69) is 0 Å². The molecule has 12 heavy (non-hydrogen) atoms. The van der Waals surface area contributed by atoms with Gasteiger partial charge in [-0.1, -0.05) is 0 Å². The Balaban J connectivity index is 3.10. The van der Waals surface area contributed by atoms with Crippen molar-refractivity contribution in [3.8, 4) is 0 Å². The molecule has 0 heterocycles. The molecule has 0 fully saturated rings. The predicted octanol–water partition coefficient (Wildman–Crippen LogP) is 1.32. The molecule has 0 unspecified atom stereocenters. The number of halogens is 1. The minimum atomic E-state index is -1.21. The monoisotopic (exact) mass is 171 g/mol. The third-order valence-corrected chi connectivity index (χ3v) is 1.34. The maximum atomic E-state index is 12.7. The van der Waals surface area contributed by atoms with E-state index in [1.807, 2.05) is 0 Å². The lowest BCUT2D eigenvalue weighted by atomic mass is 10.2. The molecule has 5 heteroatoms. The number of nitrogens with one attached hydrogen (secondary N) is 1. The number of rotatable bonds is 2. The van der Waals surface area contributed by atoms with Gasteiger partial charge < -0.3 is 5.11 Å². The number of aromatic carboxylic acids is 1. The standard InChI is InChI=1S/C7H6FNO3/c8-5-3-4(7(10)11)1-2-6(5)9-12/h1-3,9,12H,(H,10,11). The highest BCUT2D eigenvalue weighted by Gasteiger charge is 2.06.